The first-order valence-electron chi connectivity index (χ1n) is 4.66. The molecular weight excluding hydrogens is 182 g/mol. The summed E-state index contributed by atoms with van der Waals surface area (Å²) in [6.07, 6.45) is 1.45. The lowest BCUT2D eigenvalue weighted by Gasteiger charge is -2.31. The van der Waals surface area contributed by atoms with E-state index in [1.54, 1.807) is 4.90 Å². The summed E-state index contributed by atoms with van der Waals surface area (Å²) < 4.78 is 0. The molecule has 1 aromatic heterocycles. The highest BCUT2D eigenvalue weighted by Gasteiger charge is 2.22. The normalized spacial score (nSPS) is 22.4. The molecule has 1 aliphatic heterocycles. The van der Waals surface area contributed by atoms with Crippen LogP contribution in [0.2, 0.25) is 0 Å². The van der Waals surface area contributed by atoms with Crippen molar-refractivity contribution in [3.8, 4) is 0 Å². The van der Waals surface area contributed by atoms with Gasteiger partial charge in [0.15, 0.2) is 5.69 Å². The van der Waals surface area contributed by atoms with Crippen LogP contribution >= 0.6 is 0 Å². The molecule has 0 saturated carbocycles. The third kappa shape index (κ3) is 1.74. The zero-order chi connectivity index (χ0) is 9.97. The van der Waals surface area contributed by atoms with Gasteiger partial charge in [0.2, 0.25) is 0 Å². The maximum atomic E-state index is 11.8. The van der Waals surface area contributed by atoms with Crippen molar-refractivity contribution in [3.05, 3.63) is 11.9 Å². The molecule has 0 unspecified atom stereocenters. The third-order valence-electron chi connectivity index (χ3n) is 2.29. The standard InChI is InChI=1S/C8H13N5O/c1-6-5-13(3-2-9-6)8(14)7-4-10-12-11-7/h4,6,9H,2-3,5H2,1H3,(H,10,11,12)/t6-/m0/s1. The van der Waals surface area contributed by atoms with E-state index in [1.165, 1.54) is 6.20 Å². The fourth-order valence-electron chi connectivity index (χ4n) is 1.58. The number of aromatic amines is 1. The molecule has 1 aliphatic rings. The first-order chi connectivity index (χ1) is 6.77. The number of piperazine rings is 1. The van der Waals surface area contributed by atoms with Crippen LogP contribution in [0.25, 0.3) is 0 Å². The topological polar surface area (TPSA) is 73.9 Å². The van der Waals surface area contributed by atoms with Crippen LogP contribution in [0.1, 0.15) is 17.4 Å². The Hall–Kier alpha value is -1.43. The molecule has 0 spiro atoms. The molecule has 2 heterocycles. The first-order valence-corrected chi connectivity index (χ1v) is 4.66. The minimum absolute atomic E-state index is 0.0490. The highest BCUT2D eigenvalue weighted by molar-refractivity contribution is 5.91. The molecule has 1 fully saturated rings. The summed E-state index contributed by atoms with van der Waals surface area (Å²) in [5.41, 5.74) is 0.388. The molecular formula is C8H13N5O. The number of H-pyrrole nitrogens is 1. The van der Waals surface area contributed by atoms with Crippen LogP contribution in [0, 0.1) is 0 Å². The molecule has 6 nitrogen and oxygen atoms in total. The van der Waals surface area contributed by atoms with Crippen molar-refractivity contribution in [3.63, 3.8) is 0 Å². The van der Waals surface area contributed by atoms with E-state index in [2.05, 4.69) is 27.7 Å². The van der Waals surface area contributed by atoms with Crippen LogP contribution in [0.15, 0.2) is 6.20 Å². The van der Waals surface area contributed by atoms with Gasteiger partial charge in [0.05, 0.1) is 6.20 Å². The number of carbonyl (C=O) groups is 1. The Bertz CT molecular complexity index is 310. The molecule has 6 heteroatoms. The number of nitrogens with zero attached hydrogens (tertiary/aromatic N) is 3. The van der Waals surface area contributed by atoms with E-state index in [0.29, 0.717) is 11.7 Å². The van der Waals surface area contributed by atoms with Crippen molar-refractivity contribution in [2.45, 2.75) is 13.0 Å². The van der Waals surface area contributed by atoms with Crippen molar-refractivity contribution in [2.75, 3.05) is 19.6 Å². The first kappa shape index (κ1) is 9.14. The van der Waals surface area contributed by atoms with Gasteiger partial charge < -0.3 is 10.2 Å². The number of hydrogen-bond donors (Lipinski definition) is 2. The monoisotopic (exact) mass is 195 g/mol. The van der Waals surface area contributed by atoms with Gasteiger partial charge >= 0.3 is 0 Å². The van der Waals surface area contributed by atoms with Crippen molar-refractivity contribution in [1.82, 2.24) is 25.6 Å². The Balaban J connectivity index is 2.04. The molecule has 1 amide bonds. The Kier molecular flexibility index (Phi) is 2.45. The maximum absolute atomic E-state index is 11.8. The third-order valence-corrected chi connectivity index (χ3v) is 2.29. The fraction of sp³-hybridized carbons (Fsp3) is 0.625. The lowest BCUT2D eigenvalue weighted by molar-refractivity contribution is 0.0703. The molecule has 0 aromatic carbocycles. The summed E-state index contributed by atoms with van der Waals surface area (Å²) in [4.78, 5) is 13.6. The summed E-state index contributed by atoms with van der Waals surface area (Å²) >= 11 is 0. The van der Waals surface area contributed by atoms with Gasteiger partial charge in [0, 0.05) is 25.7 Å². The van der Waals surface area contributed by atoms with E-state index < -0.39 is 0 Å². The summed E-state index contributed by atoms with van der Waals surface area (Å²) in [6.45, 7) is 4.36. The fourth-order valence-corrected chi connectivity index (χ4v) is 1.58. The van der Waals surface area contributed by atoms with Gasteiger partial charge in [-0.25, -0.2) is 0 Å². The number of nitrogens with one attached hydrogen (secondary N) is 2. The highest BCUT2D eigenvalue weighted by Crippen LogP contribution is 2.03. The molecule has 2 N–H and O–H groups in total. The summed E-state index contributed by atoms with van der Waals surface area (Å²) in [6, 6.07) is 0.347. The average Bonchev–Trinajstić information content (AvgIpc) is 2.69. The number of carbonyl (C=O) groups excluding carboxylic acids is 1. The van der Waals surface area contributed by atoms with Gasteiger partial charge in [0.1, 0.15) is 0 Å². The maximum Gasteiger partial charge on any atom is 0.276 e. The summed E-state index contributed by atoms with van der Waals surface area (Å²) in [5.74, 6) is -0.0490. The number of rotatable bonds is 1. The second-order valence-electron chi connectivity index (χ2n) is 3.46. The van der Waals surface area contributed by atoms with Crippen molar-refractivity contribution in [1.29, 1.82) is 0 Å². The molecule has 0 radical (unpaired) electrons. The quantitative estimate of drug-likeness (QED) is 0.617. The Morgan fingerprint density at radius 1 is 1.71 bits per heavy atom. The van der Waals surface area contributed by atoms with Crippen molar-refractivity contribution >= 4 is 5.91 Å². The minimum Gasteiger partial charge on any atom is -0.334 e. The van der Waals surface area contributed by atoms with Crippen LogP contribution in [-0.2, 0) is 0 Å². The van der Waals surface area contributed by atoms with E-state index >= 15 is 0 Å². The largest absolute Gasteiger partial charge is 0.334 e. The molecule has 2 rings (SSSR count). The van der Waals surface area contributed by atoms with E-state index in [-0.39, 0.29) is 5.91 Å². The zero-order valence-corrected chi connectivity index (χ0v) is 8.03. The van der Waals surface area contributed by atoms with Gasteiger partial charge in [-0.1, -0.05) is 0 Å². The predicted molar refractivity (Wildman–Crippen MR) is 49.8 cm³/mol. The van der Waals surface area contributed by atoms with Crippen molar-refractivity contribution in [2.24, 2.45) is 0 Å². The Labute approximate surface area is 81.7 Å². The highest BCUT2D eigenvalue weighted by atomic mass is 16.2. The summed E-state index contributed by atoms with van der Waals surface area (Å²) in [5, 5.41) is 13.1. The Morgan fingerprint density at radius 2 is 2.57 bits per heavy atom. The predicted octanol–water partition coefficient (Wildman–Crippen LogP) is -0.761. The van der Waals surface area contributed by atoms with E-state index in [9.17, 15) is 4.79 Å². The van der Waals surface area contributed by atoms with Gasteiger partial charge in [0.25, 0.3) is 5.91 Å². The molecule has 1 aromatic rings. The van der Waals surface area contributed by atoms with Crippen LogP contribution in [-0.4, -0.2) is 51.9 Å². The molecule has 1 saturated heterocycles. The molecule has 0 aliphatic carbocycles. The second kappa shape index (κ2) is 3.75. The van der Waals surface area contributed by atoms with E-state index in [4.69, 9.17) is 0 Å². The molecule has 1 atom stereocenters. The SMILES string of the molecule is C[C@H]1CN(C(=O)c2cn[nH]n2)CCN1. The van der Waals surface area contributed by atoms with Crippen LogP contribution in [0.3, 0.4) is 0 Å². The van der Waals surface area contributed by atoms with Crippen LogP contribution < -0.4 is 5.32 Å². The van der Waals surface area contributed by atoms with E-state index in [1.807, 2.05) is 0 Å². The van der Waals surface area contributed by atoms with Crippen LogP contribution in [0.5, 0.6) is 0 Å². The zero-order valence-electron chi connectivity index (χ0n) is 8.03. The van der Waals surface area contributed by atoms with Gasteiger partial charge in [-0.05, 0) is 6.92 Å². The van der Waals surface area contributed by atoms with Gasteiger partial charge in [-0.15, -0.1) is 0 Å². The smallest absolute Gasteiger partial charge is 0.276 e. The molecule has 0 bridgehead atoms. The van der Waals surface area contributed by atoms with E-state index in [0.717, 1.165) is 19.6 Å². The second-order valence-corrected chi connectivity index (χ2v) is 3.46. The minimum atomic E-state index is -0.0490. The Morgan fingerprint density at radius 3 is 3.21 bits per heavy atom. The van der Waals surface area contributed by atoms with Gasteiger partial charge in [-0.2, -0.15) is 15.4 Å². The summed E-state index contributed by atoms with van der Waals surface area (Å²) in [7, 11) is 0. The lowest BCUT2D eigenvalue weighted by Crippen LogP contribution is -2.51. The van der Waals surface area contributed by atoms with Crippen molar-refractivity contribution < 1.29 is 4.79 Å². The molecule has 76 valence electrons. The lowest BCUT2D eigenvalue weighted by atomic mass is 10.2. The average molecular weight is 195 g/mol. The van der Waals surface area contributed by atoms with Gasteiger partial charge in [-0.3, -0.25) is 4.79 Å². The number of aromatic nitrogens is 3. The number of hydrogen-bond acceptors (Lipinski definition) is 4. The number of amides is 1. The van der Waals surface area contributed by atoms with Crippen LogP contribution in [0.4, 0.5) is 0 Å². The molecule has 14 heavy (non-hydrogen) atoms.